The summed E-state index contributed by atoms with van der Waals surface area (Å²) in [6.45, 7) is 1.95. The molecule has 23 heavy (non-hydrogen) atoms. The molecular formula is C18H14F3NO. The second kappa shape index (κ2) is 5.83. The first-order chi connectivity index (χ1) is 10.9. The van der Waals surface area contributed by atoms with Crippen LogP contribution >= 0.6 is 0 Å². The number of hydrogen-bond donors (Lipinski definition) is 0. The van der Waals surface area contributed by atoms with Crippen molar-refractivity contribution in [1.29, 1.82) is 0 Å². The van der Waals surface area contributed by atoms with Gasteiger partial charge in [0.25, 0.3) is 0 Å². The van der Waals surface area contributed by atoms with E-state index in [4.69, 9.17) is 0 Å². The lowest BCUT2D eigenvalue weighted by molar-refractivity contribution is -0.274. The van der Waals surface area contributed by atoms with Crippen LogP contribution in [0, 0.1) is 6.92 Å². The lowest BCUT2D eigenvalue weighted by atomic mass is 10.1. The summed E-state index contributed by atoms with van der Waals surface area (Å²) in [5, 5.41) is 0. The Hall–Kier alpha value is -2.69. The van der Waals surface area contributed by atoms with Crippen LogP contribution in [0.15, 0.2) is 66.7 Å². The smallest absolute Gasteiger partial charge is 0.406 e. The normalized spacial score (nSPS) is 11.5. The first-order valence-electron chi connectivity index (χ1n) is 7.04. The van der Waals surface area contributed by atoms with Gasteiger partial charge in [-0.2, -0.15) is 0 Å². The first-order valence-corrected chi connectivity index (χ1v) is 7.04. The minimum Gasteiger partial charge on any atom is -0.406 e. The van der Waals surface area contributed by atoms with Crippen molar-refractivity contribution in [2.45, 2.75) is 13.3 Å². The molecule has 118 valence electrons. The van der Waals surface area contributed by atoms with Crippen LogP contribution in [-0.2, 0) is 0 Å². The quantitative estimate of drug-likeness (QED) is 0.635. The molecule has 1 aromatic heterocycles. The van der Waals surface area contributed by atoms with Crippen molar-refractivity contribution in [3.8, 4) is 22.7 Å². The van der Waals surface area contributed by atoms with E-state index in [1.54, 1.807) is 12.1 Å². The fourth-order valence-electron chi connectivity index (χ4n) is 2.54. The van der Waals surface area contributed by atoms with E-state index >= 15 is 0 Å². The second-order valence-corrected chi connectivity index (χ2v) is 5.11. The number of alkyl halides is 3. The topological polar surface area (TPSA) is 14.2 Å². The summed E-state index contributed by atoms with van der Waals surface area (Å²) in [6, 6.07) is 19.5. The highest BCUT2D eigenvalue weighted by atomic mass is 19.4. The summed E-state index contributed by atoms with van der Waals surface area (Å²) in [6.07, 6.45) is -4.70. The van der Waals surface area contributed by atoms with Gasteiger partial charge in [0.1, 0.15) is 5.75 Å². The summed E-state index contributed by atoms with van der Waals surface area (Å²) in [5.41, 5.74) is 3.41. The Morgan fingerprint density at radius 3 is 2.30 bits per heavy atom. The van der Waals surface area contributed by atoms with Gasteiger partial charge in [0.05, 0.1) is 5.69 Å². The number of aromatic nitrogens is 1. The number of para-hydroxylation sites is 1. The average Bonchev–Trinajstić information content (AvgIpc) is 2.88. The molecular weight excluding hydrogens is 303 g/mol. The minimum atomic E-state index is -4.70. The molecule has 0 radical (unpaired) electrons. The largest absolute Gasteiger partial charge is 0.573 e. The highest BCUT2D eigenvalue weighted by molar-refractivity contribution is 5.65. The van der Waals surface area contributed by atoms with E-state index in [0.29, 0.717) is 5.56 Å². The van der Waals surface area contributed by atoms with Crippen molar-refractivity contribution in [3.05, 3.63) is 72.4 Å². The molecule has 2 aromatic carbocycles. The summed E-state index contributed by atoms with van der Waals surface area (Å²) >= 11 is 0. The van der Waals surface area contributed by atoms with Crippen molar-refractivity contribution in [3.63, 3.8) is 0 Å². The average molecular weight is 317 g/mol. The lowest BCUT2D eigenvalue weighted by Crippen LogP contribution is -2.17. The Bertz CT molecular complexity index is 807. The van der Waals surface area contributed by atoms with Gasteiger partial charge < -0.3 is 9.30 Å². The van der Waals surface area contributed by atoms with Crippen LogP contribution < -0.4 is 4.74 Å². The van der Waals surface area contributed by atoms with Crippen LogP contribution in [0.1, 0.15) is 5.69 Å². The fraction of sp³-hybridized carbons (Fsp3) is 0.111. The number of benzene rings is 2. The number of nitrogens with zero attached hydrogens (tertiary/aromatic N) is 1. The predicted octanol–water partition coefficient (Wildman–Crippen LogP) is 5.35. The fourth-order valence-corrected chi connectivity index (χ4v) is 2.54. The van der Waals surface area contributed by atoms with E-state index < -0.39 is 6.36 Å². The van der Waals surface area contributed by atoms with Crippen molar-refractivity contribution in [1.82, 2.24) is 4.57 Å². The van der Waals surface area contributed by atoms with Crippen molar-refractivity contribution >= 4 is 0 Å². The van der Waals surface area contributed by atoms with Crippen LogP contribution in [0.3, 0.4) is 0 Å². The van der Waals surface area contributed by atoms with Gasteiger partial charge >= 0.3 is 6.36 Å². The zero-order chi connectivity index (χ0) is 16.4. The van der Waals surface area contributed by atoms with E-state index in [9.17, 15) is 13.2 Å². The molecule has 0 spiro atoms. The molecule has 3 aromatic rings. The number of rotatable bonds is 3. The molecule has 0 saturated heterocycles. The third kappa shape index (κ3) is 3.39. The highest BCUT2D eigenvalue weighted by Gasteiger charge is 2.31. The van der Waals surface area contributed by atoms with Gasteiger partial charge in [-0.05, 0) is 43.3 Å². The van der Waals surface area contributed by atoms with Gasteiger partial charge in [-0.15, -0.1) is 13.2 Å². The number of ether oxygens (including phenoxy) is 1. The Morgan fingerprint density at radius 2 is 1.61 bits per heavy atom. The summed E-state index contributed by atoms with van der Waals surface area (Å²) < 4.78 is 43.2. The Labute approximate surface area is 131 Å². The Morgan fingerprint density at radius 1 is 0.870 bits per heavy atom. The molecule has 0 aliphatic rings. The Kier molecular flexibility index (Phi) is 3.86. The van der Waals surface area contributed by atoms with Crippen LogP contribution in [0.4, 0.5) is 13.2 Å². The molecule has 1 heterocycles. The molecule has 0 bridgehead atoms. The van der Waals surface area contributed by atoms with E-state index in [-0.39, 0.29) is 5.75 Å². The molecule has 0 N–H and O–H groups in total. The first kappa shape index (κ1) is 15.2. The van der Waals surface area contributed by atoms with Gasteiger partial charge in [0, 0.05) is 16.9 Å². The van der Waals surface area contributed by atoms with Gasteiger partial charge in [-0.25, -0.2) is 0 Å². The van der Waals surface area contributed by atoms with Gasteiger partial charge in [0.15, 0.2) is 0 Å². The van der Waals surface area contributed by atoms with Crippen LogP contribution in [-0.4, -0.2) is 10.9 Å². The standard InChI is InChI=1S/C18H14F3NO/c1-13-10-11-17(22(13)15-7-3-2-4-8-15)14-6-5-9-16(12-14)23-18(19,20)21/h2-12H,1H3. The third-order valence-electron chi connectivity index (χ3n) is 3.45. The molecule has 0 fully saturated rings. The molecule has 0 unspecified atom stereocenters. The zero-order valence-electron chi connectivity index (χ0n) is 12.3. The van der Waals surface area contributed by atoms with Gasteiger partial charge in [-0.3, -0.25) is 0 Å². The van der Waals surface area contributed by atoms with E-state index in [1.165, 1.54) is 12.1 Å². The molecule has 0 amide bonds. The number of halogens is 3. The summed E-state index contributed by atoms with van der Waals surface area (Å²) in [5.74, 6) is -0.228. The molecule has 3 rings (SSSR count). The SMILES string of the molecule is Cc1ccc(-c2cccc(OC(F)(F)F)c2)n1-c1ccccc1. The molecule has 0 aliphatic heterocycles. The summed E-state index contributed by atoms with van der Waals surface area (Å²) in [4.78, 5) is 0. The van der Waals surface area contributed by atoms with Crippen LogP contribution in [0.25, 0.3) is 16.9 Å². The number of aryl methyl sites for hydroxylation is 1. The van der Waals surface area contributed by atoms with Crippen molar-refractivity contribution < 1.29 is 17.9 Å². The molecule has 0 aliphatic carbocycles. The van der Waals surface area contributed by atoms with E-state index in [1.807, 2.05) is 54.0 Å². The van der Waals surface area contributed by atoms with Gasteiger partial charge in [-0.1, -0.05) is 30.3 Å². The monoisotopic (exact) mass is 317 g/mol. The predicted molar refractivity (Wildman–Crippen MR) is 82.6 cm³/mol. The maximum absolute atomic E-state index is 12.4. The van der Waals surface area contributed by atoms with Crippen molar-refractivity contribution in [2.24, 2.45) is 0 Å². The van der Waals surface area contributed by atoms with Crippen LogP contribution in [0.5, 0.6) is 5.75 Å². The maximum atomic E-state index is 12.4. The molecule has 2 nitrogen and oxygen atoms in total. The molecule has 0 saturated carbocycles. The number of hydrogen-bond acceptors (Lipinski definition) is 1. The van der Waals surface area contributed by atoms with E-state index in [2.05, 4.69) is 4.74 Å². The lowest BCUT2D eigenvalue weighted by Gasteiger charge is -2.14. The van der Waals surface area contributed by atoms with Crippen molar-refractivity contribution in [2.75, 3.05) is 0 Å². The second-order valence-electron chi connectivity index (χ2n) is 5.11. The van der Waals surface area contributed by atoms with Crippen LogP contribution in [0.2, 0.25) is 0 Å². The summed E-state index contributed by atoms with van der Waals surface area (Å²) in [7, 11) is 0. The highest BCUT2D eigenvalue weighted by Crippen LogP contribution is 2.30. The molecule has 0 atom stereocenters. The van der Waals surface area contributed by atoms with Gasteiger partial charge in [0.2, 0.25) is 0 Å². The maximum Gasteiger partial charge on any atom is 0.573 e. The zero-order valence-corrected chi connectivity index (χ0v) is 12.3. The third-order valence-corrected chi connectivity index (χ3v) is 3.45. The molecule has 5 heteroatoms. The Balaban J connectivity index is 2.05. The minimum absolute atomic E-state index is 0.228. The van der Waals surface area contributed by atoms with E-state index in [0.717, 1.165) is 17.1 Å².